The van der Waals surface area contributed by atoms with Crippen molar-refractivity contribution in [2.24, 2.45) is 0 Å². The molecule has 0 aromatic heterocycles. The molecule has 0 saturated carbocycles. The molecule has 0 aliphatic rings. The number of hydrogen-bond donors (Lipinski definition) is 1. The molecule has 108 valence electrons. The number of ether oxygens (including phenoxy) is 1. The summed E-state index contributed by atoms with van der Waals surface area (Å²) in [6, 6.07) is 12.6. The largest absolute Gasteiger partial charge is 0.484 e. The van der Waals surface area contributed by atoms with Gasteiger partial charge < -0.3 is 10.1 Å². The van der Waals surface area contributed by atoms with Crippen molar-refractivity contribution in [1.82, 2.24) is 5.32 Å². The van der Waals surface area contributed by atoms with Crippen LogP contribution in [0.2, 0.25) is 0 Å². The normalized spacial score (nSPS) is 9.95. The van der Waals surface area contributed by atoms with Crippen LogP contribution in [-0.4, -0.2) is 18.8 Å². The first-order valence-electron chi connectivity index (χ1n) is 6.37. The van der Waals surface area contributed by atoms with E-state index < -0.39 is 0 Å². The highest BCUT2D eigenvalue weighted by Gasteiger charge is 2.05. The minimum absolute atomic E-state index is 0.110. The number of halogens is 1. The van der Waals surface area contributed by atoms with Gasteiger partial charge in [-0.15, -0.1) is 0 Å². The first-order chi connectivity index (χ1) is 10.2. The molecule has 2 aromatic rings. The SMILES string of the molecule is O=Cc1ccc(OCC(=O)NCc2ccccc2F)cc1. The molecule has 0 fully saturated rings. The Morgan fingerprint density at radius 1 is 1.14 bits per heavy atom. The van der Waals surface area contributed by atoms with E-state index in [1.165, 1.54) is 6.07 Å². The van der Waals surface area contributed by atoms with E-state index in [9.17, 15) is 14.0 Å². The standard InChI is InChI=1S/C16H14FNO3/c17-15-4-2-1-3-13(15)9-18-16(20)11-21-14-7-5-12(10-19)6-8-14/h1-8,10H,9,11H2,(H,18,20). The van der Waals surface area contributed by atoms with Gasteiger partial charge in [-0.2, -0.15) is 0 Å². The van der Waals surface area contributed by atoms with Gasteiger partial charge in [-0.3, -0.25) is 9.59 Å². The first-order valence-corrected chi connectivity index (χ1v) is 6.37. The molecular formula is C16H14FNO3. The number of carbonyl (C=O) groups excluding carboxylic acids is 2. The lowest BCUT2D eigenvalue weighted by Gasteiger charge is -2.08. The molecule has 0 aliphatic heterocycles. The molecule has 2 rings (SSSR count). The monoisotopic (exact) mass is 287 g/mol. The summed E-state index contributed by atoms with van der Waals surface area (Å²) in [7, 11) is 0. The van der Waals surface area contributed by atoms with E-state index >= 15 is 0 Å². The lowest BCUT2D eigenvalue weighted by atomic mass is 10.2. The van der Waals surface area contributed by atoms with E-state index in [2.05, 4.69) is 5.32 Å². The average molecular weight is 287 g/mol. The van der Waals surface area contributed by atoms with Crippen LogP contribution in [0.25, 0.3) is 0 Å². The summed E-state index contributed by atoms with van der Waals surface area (Å²) < 4.78 is 18.6. The number of benzene rings is 2. The van der Waals surface area contributed by atoms with E-state index in [1.807, 2.05) is 0 Å². The molecule has 0 aliphatic carbocycles. The van der Waals surface area contributed by atoms with Crippen LogP contribution in [0.3, 0.4) is 0 Å². The number of rotatable bonds is 6. The molecule has 0 bridgehead atoms. The third-order valence-corrected chi connectivity index (χ3v) is 2.82. The lowest BCUT2D eigenvalue weighted by molar-refractivity contribution is -0.123. The Kier molecular flexibility index (Phi) is 5.04. The number of aldehydes is 1. The molecule has 0 atom stereocenters. The average Bonchev–Trinajstić information content (AvgIpc) is 2.52. The Bertz CT molecular complexity index is 626. The number of nitrogens with one attached hydrogen (secondary N) is 1. The van der Waals surface area contributed by atoms with E-state index in [-0.39, 0.29) is 24.9 Å². The molecule has 21 heavy (non-hydrogen) atoms. The van der Waals surface area contributed by atoms with Gasteiger partial charge in [-0.05, 0) is 30.3 Å². The van der Waals surface area contributed by atoms with Gasteiger partial charge in [0.1, 0.15) is 17.9 Å². The summed E-state index contributed by atoms with van der Waals surface area (Å²) in [4.78, 5) is 22.1. The second-order valence-electron chi connectivity index (χ2n) is 4.34. The van der Waals surface area contributed by atoms with Crippen LogP contribution in [-0.2, 0) is 11.3 Å². The third kappa shape index (κ3) is 4.42. The molecule has 0 radical (unpaired) electrons. The van der Waals surface area contributed by atoms with Gasteiger partial charge in [0, 0.05) is 17.7 Å². The minimum Gasteiger partial charge on any atom is -0.484 e. The molecule has 0 heterocycles. The van der Waals surface area contributed by atoms with Crippen molar-refractivity contribution < 1.29 is 18.7 Å². The Morgan fingerprint density at radius 2 is 1.86 bits per heavy atom. The Balaban J connectivity index is 1.79. The van der Waals surface area contributed by atoms with Crippen LogP contribution in [0.15, 0.2) is 48.5 Å². The van der Waals surface area contributed by atoms with Gasteiger partial charge in [-0.1, -0.05) is 18.2 Å². The fourth-order valence-electron chi connectivity index (χ4n) is 1.68. The molecule has 2 aromatic carbocycles. The van der Waals surface area contributed by atoms with E-state index in [4.69, 9.17) is 4.74 Å². The van der Waals surface area contributed by atoms with Crippen LogP contribution in [0.1, 0.15) is 15.9 Å². The van der Waals surface area contributed by atoms with Gasteiger partial charge in [0.15, 0.2) is 6.61 Å². The molecule has 0 spiro atoms. The van der Waals surface area contributed by atoms with Crippen molar-refractivity contribution >= 4 is 12.2 Å². The topological polar surface area (TPSA) is 55.4 Å². The third-order valence-electron chi connectivity index (χ3n) is 2.82. The summed E-state index contributed by atoms with van der Waals surface area (Å²) in [5, 5.41) is 2.57. The van der Waals surface area contributed by atoms with E-state index in [0.29, 0.717) is 16.9 Å². The smallest absolute Gasteiger partial charge is 0.258 e. The van der Waals surface area contributed by atoms with Crippen LogP contribution >= 0.6 is 0 Å². The lowest BCUT2D eigenvalue weighted by Crippen LogP contribution is -2.28. The number of amides is 1. The summed E-state index contributed by atoms with van der Waals surface area (Å²) >= 11 is 0. The van der Waals surface area contributed by atoms with Crippen LogP contribution < -0.4 is 10.1 Å². The highest BCUT2D eigenvalue weighted by atomic mass is 19.1. The Labute approximate surface area is 121 Å². The van der Waals surface area contributed by atoms with Gasteiger partial charge in [0.05, 0.1) is 0 Å². The second-order valence-corrected chi connectivity index (χ2v) is 4.34. The quantitative estimate of drug-likeness (QED) is 0.830. The van der Waals surface area contributed by atoms with Crippen molar-refractivity contribution in [2.45, 2.75) is 6.54 Å². The molecule has 0 saturated heterocycles. The van der Waals surface area contributed by atoms with Crippen molar-refractivity contribution in [1.29, 1.82) is 0 Å². The Morgan fingerprint density at radius 3 is 2.52 bits per heavy atom. The van der Waals surface area contributed by atoms with Crippen LogP contribution in [0.4, 0.5) is 4.39 Å². The fraction of sp³-hybridized carbons (Fsp3) is 0.125. The van der Waals surface area contributed by atoms with Gasteiger partial charge in [-0.25, -0.2) is 4.39 Å². The van der Waals surface area contributed by atoms with Crippen molar-refractivity contribution in [2.75, 3.05) is 6.61 Å². The zero-order valence-corrected chi connectivity index (χ0v) is 11.2. The molecule has 5 heteroatoms. The van der Waals surface area contributed by atoms with Gasteiger partial charge in [0.2, 0.25) is 0 Å². The van der Waals surface area contributed by atoms with Gasteiger partial charge in [0.25, 0.3) is 5.91 Å². The molecule has 0 unspecified atom stereocenters. The second kappa shape index (κ2) is 7.19. The van der Waals surface area contributed by atoms with Gasteiger partial charge >= 0.3 is 0 Å². The maximum absolute atomic E-state index is 13.4. The summed E-state index contributed by atoms with van der Waals surface area (Å²) in [6.45, 7) is -0.0617. The van der Waals surface area contributed by atoms with Crippen molar-refractivity contribution in [3.05, 3.63) is 65.5 Å². The zero-order valence-electron chi connectivity index (χ0n) is 11.2. The van der Waals surface area contributed by atoms with E-state index in [0.717, 1.165) is 6.29 Å². The first kappa shape index (κ1) is 14.7. The predicted octanol–water partition coefficient (Wildman–Crippen LogP) is 2.33. The van der Waals surface area contributed by atoms with Crippen LogP contribution in [0.5, 0.6) is 5.75 Å². The summed E-state index contributed by atoms with van der Waals surface area (Å²) in [6.07, 6.45) is 0.727. The minimum atomic E-state index is -0.358. The van der Waals surface area contributed by atoms with E-state index in [1.54, 1.807) is 42.5 Å². The molecule has 4 nitrogen and oxygen atoms in total. The zero-order chi connectivity index (χ0) is 15.1. The van der Waals surface area contributed by atoms with Crippen LogP contribution in [0, 0.1) is 5.82 Å². The van der Waals surface area contributed by atoms with Crippen molar-refractivity contribution in [3.8, 4) is 5.75 Å². The highest BCUT2D eigenvalue weighted by Crippen LogP contribution is 2.11. The maximum Gasteiger partial charge on any atom is 0.258 e. The fourth-order valence-corrected chi connectivity index (χ4v) is 1.68. The molecule has 1 N–H and O–H groups in total. The number of hydrogen-bond acceptors (Lipinski definition) is 3. The van der Waals surface area contributed by atoms with Crippen molar-refractivity contribution in [3.63, 3.8) is 0 Å². The number of carbonyl (C=O) groups is 2. The summed E-state index contributed by atoms with van der Waals surface area (Å²) in [5.74, 6) is -0.220. The maximum atomic E-state index is 13.4. The Hall–Kier alpha value is -2.69. The summed E-state index contributed by atoms with van der Waals surface area (Å²) in [5.41, 5.74) is 0.951. The highest BCUT2D eigenvalue weighted by molar-refractivity contribution is 5.77. The molecular weight excluding hydrogens is 273 g/mol. The molecule has 1 amide bonds. The predicted molar refractivity (Wildman–Crippen MR) is 75.6 cm³/mol.